The van der Waals surface area contributed by atoms with Crippen LogP contribution in [0.2, 0.25) is 0 Å². The van der Waals surface area contributed by atoms with Crippen LogP contribution < -0.4 is 5.32 Å². The first-order valence-corrected chi connectivity index (χ1v) is 9.39. The highest BCUT2D eigenvalue weighted by atomic mass is 32.2. The molecule has 0 aromatic rings. The summed E-state index contributed by atoms with van der Waals surface area (Å²) >= 11 is 1.86. The molecule has 0 unspecified atom stereocenters. The van der Waals surface area contributed by atoms with Gasteiger partial charge in [-0.15, -0.1) is 0 Å². The third-order valence-electron chi connectivity index (χ3n) is 5.57. The zero-order chi connectivity index (χ0) is 15.7. The van der Waals surface area contributed by atoms with Crippen molar-refractivity contribution in [2.45, 2.75) is 69.6 Å². The first kappa shape index (κ1) is 17.5. The van der Waals surface area contributed by atoms with Crippen LogP contribution in [-0.4, -0.2) is 60.2 Å². The zero-order valence-electron chi connectivity index (χ0n) is 14.0. The summed E-state index contributed by atoms with van der Waals surface area (Å²) in [5.41, 5.74) is -0.264. The lowest BCUT2D eigenvalue weighted by Gasteiger charge is -2.63. The van der Waals surface area contributed by atoms with E-state index >= 15 is 0 Å². The van der Waals surface area contributed by atoms with Gasteiger partial charge in [0.2, 0.25) is 0 Å². The van der Waals surface area contributed by atoms with Crippen LogP contribution in [0.5, 0.6) is 0 Å². The summed E-state index contributed by atoms with van der Waals surface area (Å²) in [7, 11) is 0. The fraction of sp³-hybridized carbons (Fsp3) is 1.00. The fourth-order valence-corrected chi connectivity index (χ4v) is 4.81. The molecule has 2 aliphatic rings. The number of aliphatic hydroxyl groups is 1. The Hall–Kier alpha value is 0.190. The van der Waals surface area contributed by atoms with E-state index in [9.17, 15) is 5.11 Å². The normalized spacial score (nSPS) is 41.4. The molecule has 2 fully saturated rings. The topological polar surface area (TPSA) is 50.7 Å². The van der Waals surface area contributed by atoms with Crippen molar-refractivity contribution < 1.29 is 14.6 Å². The van der Waals surface area contributed by atoms with Crippen molar-refractivity contribution in [2.24, 2.45) is 5.41 Å². The van der Waals surface area contributed by atoms with Crippen molar-refractivity contribution in [3.8, 4) is 0 Å². The Balaban J connectivity index is 1.98. The molecule has 0 radical (unpaired) electrons. The van der Waals surface area contributed by atoms with Gasteiger partial charge in [0.05, 0.1) is 24.4 Å². The molecule has 0 aromatic heterocycles. The first-order valence-electron chi connectivity index (χ1n) is 8.10. The Morgan fingerprint density at radius 3 is 2.38 bits per heavy atom. The van der Waals surface area contributed by atoms with E-state index in [1.54, 1.807) is 0 Å². The SMILES string of the molecule is CCO[C@H]1C[C@@](CO)(N[C@H]2C[C@@H](OCC)[C@H]2SC)C1(C)C. The Morgan fingerprint density at radius 1 is 1.24 bits per heavy atom. The van der Waals surface area contributed by atoms with Crippen molar-refractivity contribution in [3.05, 3.63) is 0 Å². The Morgan fingerprint density at radius 2 is 1.90 bits per heavy atom. The number of ether oxygens (including phenoxy) is 2. The van der Waals surface area contributed by atoms with Gasteiger partial charge in [0.25, 0.3) is 0 Å². The van der Waals surface area contributed by atoms with Gasteiger partial charge in [-0.25, -0.2) is 0 Å². The highest BCUT2D eigenvalue weighted by Gasteiger charge is 2.62. The molecule has 2 N–H and O–H groups in total. The van der Waals surface area contributed by atoms with Crippen LogP contribution in [0, 0.1) is 5.41 Å². The third-order valence-corrected chi connectivity index (χ3v) is 6.75. The standard InChI is InChI=1S/C16H31NO3S/c1-6-19-12-8-11(14(12)21-5)17-16(10-18)9-13(20-7-2)15(16,3)4/h11-14,17-18H,6-10H2,1-5H3/t11-,12+,13-,14-,16-/m0/s1. The van der Waals surface area contributed by atoms with Crippen LogP contribution in [0.15, 0.2) is 0 Å². The Kier molecular flexibility index (Phi) is 5.64. The molecule has 2 aliphatic carbocycles. The highest BCUT2D eigenvalue weighted by molar-refractivity contribution is 7.99. The van der Waals surface area contributed by atoms with Crippen molar-refractivity contribution in [2.75, 3.05) is 26.1 Å². The van der Waals surface area contributed by atoms with Gasteiger partial charge < -0.3 is 19.9 Å². The van der Waals surface area contributed by atoms with Gasteiger partial charge >= 0.3 is 0 Å². The minimum absolute atomic E-state index is 0.0442. The average Bonchev–Trinajstić information content (AvgIpc) is 2.44. The van der Waals surface area contributed by atoms with E-state index in [4.69, 9.17) is 9.47 Å². The molecule has 4 nitrogen and oxygen atoms in total. The van der Waals surface area contributed by atoms with Crippen molar-refractivity contribution in [1.82, 2.24) is 5.32 Å². The summed E-state index contributed by atoms with van der Waals surface area (Å²) in [4.78, 5) is 0. The molecule has 0 aromatic carbocycles. The van der Waals surface area contributed by atoms with E-state index < -0.39 is 0 Å². The minimum Gasteiger partial charge on any atom is -0.394 e. The molecule has 2 saturated carbocycles. The van der Waals surface area contributed by atoms with Gasteiger partial charge in [-0.2, -0.15) is 11.8 Å². The maximum absolute atomic E-state index is 10.00. The molecule has 2 rings (SSSR count). The van der Waals surface area contributed by atoms with Crippen molar-refractivity contribution in [3.63, 3.8) is 0 Å². The highest BCUT2D eigenvalue weighted by Crippen LogP contribution is 2.52. The maximum Gasteiger partial charge on any atom is 0.0723 e. The van der Waals surface area contributed by atoms with Gasteiger partial charge in [-0.3, -0.25) is 0 Å². The van der Waals surface area contributed by atoms with E-state index in [-0.39, 0.29) is 23.7 Å². The number of hydrogen-bond donors (Lipinski definition) is 2. The largest absolute Gasteiger partial charge is 0.394 e. The number of hydrogen-bond acceptors (Lipinski definition) is 5. The molecule has 0 spiro atoms. The van der Waals surface area contributed by atoms with Gasteiger partial charge in [0, 0.05) is 29.9 Å². The van der Waals surface area contributed by atoms with Crippen LogP contribution in [-0.2, 0) is 9.47 Å². The van der Waals surface area contributed by atoms with Crippen molar-refractivity contribution in [1.29, 1.82) is 0 Å². The molecule has 0 aliphatic heterocycles. The molecule has 0 heterocycles. The number of aliphatic hydroxyl groups excluding tert-OH is 1. The molecule has 21 heavy (non-hydrogen) atoms. The Bertz CT molecular complexity index is 352. The van der Waals surface area contributed by atoms with E-state index in [0.717, 1.165) is 26.1 Å². The van der Waals surface area contributed by atoms with Crippen LogP contribution in [0.3, 0.4) is 0 Å². The van der Waals surface area contributed by atoms with Gasteiger partial charge in [-0.05, 0) is 32.9 Å². The van der Waals surface area contributed by atoms with Crippen LogP contribution >= 0.6 is 11.8 Å². The predicted molar refractivity (Wildman–Crippen MR) is 87.9 cm³/mol. The van der Waals surface area contributed by atoms with Crippen molar-refractivity contribution >= 4 is 11.8 Å². The summed E-state index contributed by atoms with van der Waals surface area (Å²) in [5, 5.41) is 14.2. The van der Waals surface area contributed by atoms with Gasteiger partial charge in [0.15, 0.2) is 0 Å². The summed E-state index contributed by atoms with van der Waals surface area (Å²) in [6, 6.07) is 0.422. The maximum atomic E-state index is 10.00. The smallest absolute Gasteiger partial charge is 0.0723 e. The number of rotatable bonds is 8. The molecule has 0 bridgehead atoms. The molecule has 5 heteroatoms. The summed E-state index contributed by atoms with van der Waals surface area (Å²) in [6.45, 7) is 10.2. The lowest BCUT2D eigenvalue weighted by Crippen LogP contribution is -2.77. The quantitative estimate of drug-likeness (QED) is 0.717. The second-order valence-corrected chi connectivity index (χ2v) is 7.81. The fourth-order valence-electron chi connectivity index (χ4n) is 3.81. The second-order valence-electron chi connectivity index (χ2n) is 6.79. The lowest BCUT2D eigenvalue weighted by molar-refractivity contribution is -0.185. The molecule has 124 valence electrons. The minimum atomic E-state index is -0.220. The third kappa shape index (κ3) is 2.88. The number of thioether (sulfide) groups is 1. The van der Waals surface area contributed by atoms with E-state index in [1.165, 1.54) is 0 Å². The summed E-state index contributed by atoms with van der Waals surface area (Å²) in [5.74, 6) is 0. The predicted octanol–water partition coefficient (Wildman–Crippen LogP) is 2.05. The molecule has 0 saturated heterocycles. The van der Waals surface area contributed by atoms with E-state index in [2.05, 4.69) is 32.3 Å². The van der Waals surface area contributed by atoms with Crippen LogP contribution in [0.1, 0.15) is 40.5 Å². The van der Waals surface area contributed by atoms with Crippen LogP contribution in [0.4, 0.5) is 0 Å². The lowest BCUT2D eigenvalue weighted by atomic mass is 9.54. The molecular weight excluding hydrogens is 286 g/mol. The van der Waals surface area contributed by atoms with Crippen LogP contribution in [0.25, 0.3) is 0 Å². The second kappa shape index (κ2) is 6.75. The average molecular weight is 317 g/mol. The van der Waals surface area contributed by atoms with E-state index in [1.807, 2.05) is 18.7 Å². The number of nitrogens with one attached hydrogen (secondary N) is 1. The summed E-state index contributed by atoms with van der Waals surface area (Å²) in [6.07, 6.45) is 4.66. The molecule has 0 amide bonds. The monoisotopic (exact) mass is 317 g/mol. The molecular formula is C16H31NO3S. The van der Waals surface area contributed by atoms with E-state index in [0.29, 0.717) is 17.4 Å². The summed E-state index contributed by atoms with van der Waals surface area (Å²) < 4.78 is 11.6. The van der Waals surface area contributed by atoms with Gasteiger partial charge in [0.1, 0.15) is 0 Å². The van der Waals surface area contributed by atoms with Gasteiger partial charge in [-0.1, -0.05) is 13.8 Å². The zero-order valence-corrected chi connectivity index (χ0v) is 14.8. The first-order chi connectivity index (χ1) is 9.95. The Labute approximate surface area is 133 Å². The molecule has 5 atom stereocenters.